The van der Waals surface area contributed by atoms with E-state index in [1.807, 2.05) is 12.1 Å². The highest BCUT2D eigenvalue weighted by molar-refractivity contribution is 7.03. The second-order valence-corrected chi connectivity index (χ2v) is 17.3. The van der Waals surface area contributed by atoms with Gasteiger partial charge in [0.05, 0.1) is 22.4 Å². The Morgan fingerprint density at radius 2 is 1.26 bits per heavy atom. The molecule has 10 rings (SSSR count). The minimum absolute atomic E-state index is 0.752. The van der Waals surface area contributed by atoms with Crippen LogP contribution >= 0.6 is 0 Å². The number of aromatic nitrogens is 3. The number of fused-ring (bicyclic) bond motifs is 9. The first-order valence-electron chi connectivity index (χ1n) is 16.1. The normalized spacial score (nSPS) is 13.5. The molecule has 0 amide bonds. The molecule has 0 aliphatic carbocycles. The highest BCUT2D eigenvalue weighted by Gasteiger charge is 2.41. The number of furan rings is 1. The maximum Gasteiger partial charge on any atom is 0.161 e. The van der Waals surface area contributed by atoms with Gasteiger partial charge >= 0.3 is 0 Å². The number of benzene rings is 6. The Morgan fingerprint density at radius 3 is 2.13 bits per heavy atom. The van der Waals surface area contributed by atoms with E-state index in [1.54, 1.807) is 0 Å². The van der Waals surface area contributed by atoms with Gasteiger partial charge in [0.1, 0.15) is 19.2 Å². The first-order chi connectivity index (χ1) is 23.1. The van der Waals surface area contributed by atoms with Gasteiger partial charge < -0.3 is 8.98 Å². The molecule has 0 atom stereocenters. The van der Waals surface area contributed by atoms with E-state index in [1.165, 1.54) is 32.4 Å². The molecule has 1 aliphatic heterocycles. The lowest BCUT2D eigenvalue weighted by atomic mass is 10.0. The number of hydrogen-bond donors (Lipinski definition) is 0. The predicted molar refractivity (Wildman–Crippen MR) is 197 cm³/mol. The van der Waals surface area contributed by atoms with Crippen molar-refractivity contribution in [2.24, 2.45) is 0 Å². The zero-order valence-corrected chi connectivity index (χ0v) is 27.0. The number of nitrogens with zero attached hydrogens (tertiary/aromatic N) is 3. The molecule has 9 aromatic rings. The van der Waals surface area contributed by atoms with Crippen molar-refractivity contribution >= 4 is 62.3 Å². The third-order valence-electron chi connectivity index (χ3n) is 9.97. The first kappa shape index (κ1) is 26.4. The molecule has 3 aromatic heterocycles. The minimum Gasteiger partial charge on any atom is -0.456 e. The number of para-hydroxylation sites is 3. The summed E-state index contributed by atoms with van der Waals surface area (Å²) in [7, 11) is -2.10. The highest BCUT2D eigenvalue weighted by atomic mass is 28.3. The molecule has 4 nitrogen and oxygen atoms in total. The maximum atomic E-state index is 6.40. The van der Waals surface area contributed by atoms with Crippen molar-refractivity contribution in [2.75, 3.05) is 0 Å². The number of hydrogen-bond acceptors (Lipinski definition) is 3. The van der Waals surface area contributed by atoms with Gasteiger partial charge in [0.2, 0.25) is 0 Å². The molecule has 5 heteroatoms. The lowest BCUT2D eigenvalue weighted by Gasteiger charge is -2.20. The van der Waals surface area contributed by atoms with Crippen LogP contribution in [0, 0.1) is 0 Å². The van der Waals surface area contributed by atoms with Gasteiger partial charge in [-0.2, -0.15) is 0 Å². The molecular formula is C42H29N3OSi. The average molecular weight is 620 g/mol. The molecule has 6 aromatic carbocycles. The molecule has 1 aliphatic rings. The van der Waals surface area contributed by atoms with Gasteiger partial charge in [-0.05, 0) is 41.1 Å². The monoisotopic (exact) mass is 619 g/mol. The lowest BCUT2D eigenvalue weighted by Crippen LogP contribution is -2.50. The van der Waals surface area contributed by atoms with Crippen LogP contribution in [-0.4, -0.2) is 22.6 Å². The van der Waals surface area contributed by atoms with Crippen molar-refractivity contribution in [3.63, 3.8) is 0 Å². The molecule has 4 heterocycles. The molecule has 222 valence electrons. The molecule has 0 saturated carbocycles. The van der Waals surface area contributed by atoms with E-state index < -0.39 is 8.07 Å². The van der Waals surface area contributed by atoms with Gasteiger partial charge in [0.25, 0.3) is 0 Å². The largest absolute Gasteiger partial charge is 0.456 e. The summed E-state index contributed by atoms with van der Waals surface area (Å²) in [5, 5.41) is 7.28. The Morgan fingerprint density at radius 1 is 0.553 bits per heavy atom. The maximum absolute atomic E-state index is 6.40. The fourth-order valence-corrected chi connectivity index (χ4v) is 10.7. The quantitative estimate of drug-likeness (QED) is 0.185. The Hall–Kier alpha value is -5.78. The second kappa shape index (κ2) is 9.61. The van der Waals surface area contributed by atoms with Crippen molar-refractivity contribution in [3.05, 3.63) is 140 Å². The van der Waals surface area contributed by atoms with E-state index in [0.29, 0.717) is 0 Å². The summed E-state index contributed by atoms with van der Waals surface area (Å²) in [6.45, 7) is 4.83. The zero-order chi connectivity index (χ0) is 31.3. The summed E-state index contributed by atoms with van der Waals surface area (Å²) < 4.78 is 8.76. The number of rotatable bonds is 3. The molecule has 0 radical (unpaired) electrons. The van der Waals surface area contributed by atoms with E-state index in [-0.39, 0.29) is 0 Å². The van der Waals surface area contributed by atoms with Crippen LogP contribution in [0.3, 0.4) is 0 Å². The van der Waals surface area contributed by atoms with Crippen molar-refractivity contribution < 1.29 is 4.42 Å². The van der Waals surface area contributed by atoms with Crippen molar-refractivity contribution in [1.29, 1.82) is 0 Å². The zero-order valence-electron chi connectivity index (χ0n) is 26.0. The predicted octanol–water partition coefficient (Wildman–Crippen LogP) is 9.61. The molecule has 0 bridgehead atoms. The summed E-state index contributed by atoms with van der Waals surface area (Å²) in [6.07, 6.45) is 0. The van der Waals surface area contributed by atoms with Gasteiger partial charge in [0, 0.05) is 49.6 Å². The van der Waals surface area contributed by atoms with Gasteiger partial charge in [-0.1, -0.05) is 116 Å². The van der Waals surface area contributed by atoms with Gasteiger partial charge in [-0.15, -0.1) is 0 Å². The molecule has 47 heavy (non-hydrogen) atoms. The molecule has 0 N–H and O–H groups in total. The van der Waals surface area contributed by atoms with Crippen molar-refractivity contribution in [1.82, 2.24) is 14.5 Å². The summed E-state index contributed by atoms with van der Waals surface area (Å²) in [5.74, 6) is 0.752. The van der Waals surface area contributed by atoms with Crippen LogP contribution in [0.2, 0.25) is 13.1 Å². The Labute approximate surface area is 272 Å². The minimum atomic E-state index is -2.10. The SMILES string of the molecule is C[Si]1(C)c2ccccc2-c2c(-c3ccccc3)nc(-c3ccccc3-n3c4ccccc4c4cc5c(cc43)oc3ccccc35)nc21. The van der Waals surface area contributed by atoms with Crippen LogP contribution in [0.5, 0.6) is 0 Å². The molecule has 0 fully saturated rings. The summed E-state index contributed by atoms with van der Waals surface area (Å²) in [5.41, 5.74) is 10.6. The smallest absolute Gasteiger partial charge is 0.161 e. The third kappa shape index (κ3) is 3.69. The highest BCUT2D eigenvalue weighted by Crippen LogP contribution is 2.41. The topological polar surface area (TPSA) is 43.9 Å². The van der Waals surface area contributed by atoms with Crippen LogP contribution in [0.1, 0.15) is 0 Å². The van der Waals surface area contributed by atoms with Crippen molar-refractivity contribution in [2.45, 2.75) is 13.1 Å². The van der Waals surface area contributed by atoms with Gasteiger partial charge in [-0.25, -0.2) is 9.97 Å². The van der Waals surface area contributed by atoms with Crippen molar-refractivity contribution in [3.8, 4) is 39.5 Å². The van der Waals surface area contributed by atoms with Crippen LogP contribution in [0.15, 0.2) is 144 Å². The molecular weight excluding hydrogens is 591 g/mol. The fraction of sp³-hybridized carbons (Fsp3) is 0.0476. The van der Waals surface area contributed by atoms with Crippen LogP contribution in [-0.2, 0) is 0 Å². The Kier molecular flexibility index (Phi) is 5.41. The molecule has 0 unspecified atom stereocenters. The van der Waals surface area contributed by atoms with Gasteiger partial charge in [0.15, 0.2) is 5.82 Å². The molecule has 0 spiro atoms. The summed E-state index contributed by atoms with van der Waals surface area (Å²) in [6, 6.07) is 49.4. The third-order valence-corrected chi connectivity index (χ3v) is 13.3. The van der Waals surface area contributed by atoms with E-state index >= 15 is 0 Å². The van der Waals surface area contributed by atoms with E-state index in [4.69, 9.17) is 14.4 Å². The first-order valence-corrected chi connectivity index (χ1v) is 19.1. The van der Waals surface area contributed by atoms with Crippen LogP contribution < -0.4 is 10.5 Å². The van der Waals surface area contributed by atoms with E-state index in [0.717, 1.165) is 61.3 Å². The Bertz CT molecular complexity index is 2720. The Balaban J connectivity index is 1.28. The van der Waals surface area contributed by atoms with Gasteiger partial charge in [-0.3, -0.25) is 0 Å². The second-order valence-electron chi connectivity index (χ2n) is 13.0. The average Bonchev–Trinajstić information content (AvgIpc) is 3.72. The van der Waals surface area contributed by atoms with Crippen LogP contribution in [0.25, 0.3) is 83.2 Å². The van der Waals surface area contributed by atoms with E-state index in [9.17, 15) is 0 Å². The van der Waals surface area contributed by atoms with E-state index in [2.05, 4.69) is 145 Å². The standard InChI is InChI=1S/C42H29N3OSi/c1-47(2)38-23-13-9-19-30(38)39-40(26-14-4-3-5-15-26)43-41(44-42(39)47)29-18-7-11-21-34(29)45-33-20-10-6-16-27(33)31-24-32-28-17-8-12-22-36(28)46-37(32)25-35(31)45/h3-25H,1-2H3. The fourth-order valence-electron chi connectivity index (χ4n) is 7.77. The summed E-state index contributed by atoms with van der Waals surface area (Å²) in [4.78, 5) is 10.9. The lowest BCUT2D eigenvalue weighted by molar-refractivity contribution is 0.669. The van der Waals surface area contributed by atoms with Crippen LogP contribution in [0.4, 0.5) is 0 Å². The summed E-state index contributed by atoms with van der Waals surface area (Å²) >= 11 is 0. The molecule has 0 saturated heterocycles.